The molecule has 2 aromatic rings. The van der Waals surface area contributed by atoms with Crippen molar-refractivity contribution < 1.29 is 9.18 Å². The topological polar surface area (TPSA) is 54.0 Å². The Kier molecular flexibility index (Phi) is 4.87. The lowest BCUT2D eigenvalue weighted by molar-refractivity contribution is 0.0935. The van der Waals surface area contributed by atoms with Crippen LogP contribution in [-0.4, -0.2) is 24.0 Å². The first kappa shape index (κ1) is 15.0. The van der Waals surface area contributed by atoms with Gasteiger partial charge in [0.05, 0.1) is 0 Å². The SMILES string of the molecule is CNc1cccc(C(=O)NC(C)Cc2ccc(F)cc2)n1. The van der Waals surface area contributed by atoms with Crippen LogP contribution < -0.4 is 10.6 Å². The van der Waals surface area contributed by atoms with Crippen LogP contribution in [0, 0.1) is 5.82 Å². The largest absolute Gasteiger partial charge is 0.373 e. The highest BCUT2D eigenvalue weighted by atomic mass is 19.1. The number of hydrogen-bond donors (Lipinski definition) is 2. The molecule has 110 valence electrons. The number of carbonyl (C=O) groups excluding carboxylic acids is 1. The first-order valence-electron chi connectivity index (χ1n) is 6.78. The summed E-state index contributed by atoms with van der Waals surface area (Å²) in [6.07, 6.45) is 0.637. The van der Waals surface area contributed by atoms with Gasteiger partial charge in [0.15, 0.2) is 0 Å². The fraction of sp³-hybridized carbons (Fsp3) is 0.250. The standard InChI is InChI=1S/C16H18FN3O/c1-11(10-12-6-8-13(17)9-7-12)19-16(21)14-4-3-5-15(18-2)20-14/h3-9,11H,10H2,1-2H3,(H,18,20)(H,19,21). The maximum atomic E-state index is 12.8. The molecule has 5 heteroatoms. The summed E-state index contributed by atoms with van der Waals surface area (Å²) in [6.45, 7) is 1.91. The predicted octanol–water partition coefficient (Wildman–Crippen LogP) is 2.62. The van der Waals surface area contributed by atoms with Crippen LogP contribution in [0.4, 0.5) is 10.2 Å². The third-order valence-electron chi connectivity index (χ3n) is 3.07. The quantitative estimate of drug-likeness (QED) is 0.889. The molecule has 0 aliphatic heterocycles. The Bertz CT molecular complexity index is 613. The molecule has 1 aromatic heterocycles. The van der Waals surface area contributed by atoms with Gasteiger partial charge in [-0.2, -0.15) is 0 Å². The second kappa shape index (κ2) is 6.83. The van der Waals surface area contributed by atoms with E-state index >= 15 is 0 Å². The van der Waals surface area contributed by atoms with Crippen LogP contribution in [-0.2, 0) is 6.42 Å². The fourth-order valence-corrected chi connectivity index (χ4v) is 2.02. The van der Waals surface area contributed by atoms with Crippen LogP contribution in [0.2, 0.25) is 0 Å². The van der Waals surface area contributed by atoms with Gasteiger partial charge in [-0.3, -0.25) is 4.79 Å². The second-order valence-corrected chi connectivity index (χ2v) is 4.86. The number of nitrogens with zero attached hydrogens (tertiary/aromatic N) is 1. The molecular formula is C16H18FN3O. The van der Waals surface area contributed by atoms with Crippen LogP contribution in [0.3, 0.4) is 0 Å². The molecule has 4 nitrogen and oxygen atoms in total. The van der Waals surface area contributed by atoms with Gasteiger partial charge in [-0.05, 0) is 43.2 Å². The Balaban J connectivity index is 1.96. The molecule has 21 heavy (non-hydrogen) atoms. The molecule has 0 fully saturated rings. The van der Waals surface area contributed by atoms with Crippen LogP contribution in [0.1, 0.15) is 23.0 Å². The second-order valence-electron chi connectivity index (χ2n) is 4.86. The maximum absolute atomic E-state index is 12.8. The van der Waals surface area contributed by atoms with Gasteiger partial charge in [-0.15, -0.1) is 0 Å². The van der Waals surface area contributed by atoms with Crippen molar-refractivity contribution in [2.24, 2.45) is 0 Å². The molecule has 0 spiro atoms. The first-order valence-corrected chi connectivity index (χ1v) is 6.78. The van der Waals surface area contributed by atoms with Crippen molar-refractivity contribution in [3.63, 3.8) is 0 Å². The zero-order valence-electron chi connectivity index (χ0n) is 12.1. The Morgan fingerprint density at radius 1 is 1.24 bits per heavy atom. The predicted molar refractivity (Wildman–Crippen MR) is 80.8 cm³/mol. The van der Waals surface area contributed by atoms with E-state index in [0.717, 1.165) is 5.56 Å². The van der Waals surface area contributed by atoms with E-state index in [1.807, 2.05) is 6.92 Å². The highest BCUT2D eigenvalue weighted by Gasteiger charge is 2.12. The number of nitrogens with one attached hydrogen (secondary N) is 2. The summed E-state index contributed by atoms with van der Waals surface area (Å²) in [4.78, 5) is 16.3. The molecule has 0 aliphatic carbocycles. The van der Waals surface area contributed by atoms with Crippen molar-refractivity contribution in [2.75, 3.05) is 12.4 Å². The molecule has 1 heterocycles. The van der Waals surface area contributed by atoms with Crippen LogP contribution in [0.15, 0.2) is 42.5 Å². The summed E-state index contributed by atoms with van der Waals surface area (Å²) in [5, 5.41) is 5.78. The monoisotopic (exact) mass is 287 g/mol. The van der Waals surface area contributed by atoms with Gasteiger partial charge in [0.1, 0.15) is 17.3 Å². The number of rotatable bonds is 5. The lowest BCUT2D eigenvalue weighted by atomic mass is 10.1. The summed E-state index contributed by atoms with van der Waals surface area (Å²) in [5.74, 6) is 0.166. The molecule has 1 unspecified atom stereocenters. The van der Waals surface area contributed by atoms with E-state index in [-0.39, 0.29) is 17.8 Å². The normalized spacial score (nSPS) is 11.8. The minimum Gasteiger partial charge on any atom is -0.373 e. The highest BCUT2D eigenvalue weighted by molar-refractivity contribution is 5.92. The van der Waals surface area contributed by atoms with E-state index < -0.39 is 0 Å². The number of carbonyl (C=O) groups is 1. The molecule has 0 bridgehead atoms. The number of aromatic nitrogens is 1. The van der Waals surface area contributed by atoms with Gasteiger partial charge >= 0.3 is 0 Å². The molecule has 0 aliphatic rings. The average molecular weight is 287 g/mol. The average Bonchev–Trinajstić information content (AvgIpc) is 2.49. The highest BCUT2D eigenvalue weighted by Crippen LogP contribution is 2.07. The van der Waals surface area contributed by atoms with Gasteiger partial charge in [-0.25, -0.2) is 9.37 Å². The van der Waals surface area contributed by atoms with Crippen molar-refractivity contribution in [3.05, 3.63) is 59.5 Å². The van der Waals surface area contributed by atoms with E-state index in [9.17, 15) is 9.18 Å². The molecule has 0 saturated carbocycles. The lowest BCUT2D eigenvalue weighted by Crippen LogP contribution is -2.34. The fourth-order valence-electron chi connectivity index (χ4n) is 2.02. The van der Waals surface area contributed by atoms with Gasteiger partial charge in [0.2, 0.25) is 0 Å². The number of benzene rings is 1. The van der Waals surface area contributed by atoms with Crippen LogP contribution in [0.5, 0.6) is 0 Å². The van der Waals surface area contributed by atoms with Crippen LogP contribution >= 0.6 is 0 Å². The molecule has 0 saturated heterocycles. The molecule has 2 N–H and O–H groups in total. The van der Waals surface area contributed by atoms with Gasteiger partial charge in [0.25, 0.3) is 5.91 Å². The maximum Gasteiger partial charge on any atom is 0.270 e. The molecule has 1 atom stereocenters. The van der Waals surface area contributed by atoms with E-state index in [1.54, 1.807) is 37.4 Å². The van der Waals surface area contributed by atoms with Crippen molar-refractivity contribution in [3.8, 4) is 0 Å². The number of hydrogen-bond acceptors (Lipinski definition) is 3. The lowest BCUT2D eigenvalue weighted by Gasteiger charge is -2.14. The molecule has 1 aromatic carbocycles. The summed E-state index contributed by atoms with van der Waals surface area (Å²) in [5.41, 5.74) is 1.34. The summed E-state index contributed by atoms with van der Waals surface area (Å²) in [7, 11) is 1.75. The Morgan fingerprint density at radius 2 is 1.95 bits per heavy atom. The minimum absolute atomic E-state index is 0.0667. The van der Waals surface area contributed by atoms with E-state index in [2.05, 4.69) is 15.6 Å². The summed E-state index contributed by atoms with van der Waals surface area (Å²) < 4.78 is 12.8. The molecular weight excluding hydrogens is 269 g/mol. The van der Waals surface area contributed by atoms with E-state index in [1.165, 1.54) is 12.1 Å². The van der Waals surface area contributed by atoms with Gasteiger partial charge < -0.3 is 10.6 Å². The number of amides is 1. The number of pyridine rings is 1. The van der Waals surface area contributed by atoms with Crippen molar-refractivity contribution in [1.29, 1.82) is 0 Å². The zero-order valence-corrected chi connectivity index (χ0v) is 12.1. The zero-order chi connectivity index (χ0) is 15.2. The third kappa shape index (κ3) is 4.27. The molecule has 0 radical (unpaired) electrons. The van der Waals surface area contributed by atoms with Gasteiger partial charge in [0, 0.05) is 13.1 Å². The Labute approximate surface area is 123 Å². The summed E-state index contributed by atoms with van der Waals surface area (Å²) >= 11 is 0. The number of halogens is 1. The van der Waals surface area contributed by atoms with Crippen molar-refractivity contribution >= 4 is 11.7 Å². The third-order valence-corrected chi connectivity index (χ3v) is 3.07. The smallest absolute Gasteiger partial charge is 0.270 e. The first-order chi connectivity index (χ1) is 10.1. The Hall–Kier alpha value is -2.43. The Morgan fingerprint density at radius 3 is 2.62 bits per heavy atom. The van der Waals surface area contributed by atoms with Gasteiger partial charge in [-0.1, -0.05) is 18.2 Å². The molecule has 1 amide bonds. The summed E-state index contributed by atoms with van der Waals surface area (Å²) in [6, 6.07) is 11.4. The number of anilines is 1. The minimum atomic E-state index is -0.261. The van der Waals surface area contributed by atoms with Crippen molar-refractivity contribution in [1.82, 2.24) is 10.3 Å². The van der Waals surface area contributed by atoms with Crippen molar-refractivity contribution in [2.45, 2.75) is 19.4 Å². The van der Waals surface area contributed by atoms with E-state index in [4.69, 9.17) is 0 Å². The molecule has 2 rings (SSSR count). The van der Waals surface area contributed by atoms with E-state index in [0.29, 0.717) is 17.9 Å². The van der Waals surface area contributed by atoms with Crippen LogP contribution in [0.25, 0.3) is 0 Å².